The summed E-state index contributed by atoms with van der Waals surface area (Å²) >= 11 is 1.90. The largest absolute Gasteiger partial charge is 0.381 e. The van der Waals surface area contributed by atoms with Crippen LogP contribution in [0, 0.1) is 5.92 Å². The molecule has 2 fully saturated rings. The molecule has 1 saturated heterocycles. The van der Waals surface area contributed by atoms with E-state index < -0.39 is 0 Å². The zero-order chi connectivity index (χ0) is 16.0. The Morgan fingerprint density at radius 2 is 2.22 bits per heavy atom. The van der Waals surface area contributed by atoms with Gasteiger partial charge < -0.3 is 15.4 Å². The molecule has 0 radical (unpaired) electrons. The fourth-order valence-electron chi connectivity index (χ4n) is 3.78. The van der Waals surface area contributed by atoms with Crippen LogP contribution in [0.5, 0.6) is 0 Å². The molecule has 128 valence electrons. The zero-order valence-electron chi connectivity index (χ0n) is 14.1. The van der Waals surface area contributed by atoms with E-state index in [0.29, 0.717) is 11.3 Å². The number of nitrogens with zero attached hydrogens (tertiary/aromatic N) is 1. The summed E-state index contributed by atoms with van der Waals surface area (Å²) in [6, 6.07) is 4.49. The summed E-state index contributed by atoms with van der Waals surface area (Å²) in [5, 5.41) is 9.28. The smallest absolute Gasteiger partial charge is 0.191 e. The predicted octanol–water partition coefficient (Wildman–Crippen LogP) is 3.15. The van der Waals surface area contributed by atoms with Crippen LogP contribution in [0.25, 0.3) is 0 Å². The lowest BCUT2D eigenvalue weighted by Crippen LogP contribution is -2.47. The number of ether oxygens (including phenoxy) is 1. The molecule has 1 aliphatic carbocycles. The van der Waals surface area contributed by atoms with Gasteiger partial charge in [-0.25, -0.2) is 0 Å². The van der Waals surface area contributed by atoms with Gasteiger partial charge in [-0.3, -0.25) is 4.99 Å². The zero-order valence-corrected chi connectivity index (χ0v) is 15.0. The van der Waals surface area contributed by atoms with Crippen molar-refractivity contribution in [3.8, 4) is 0 Å². The second-order valence-electron chi connectivity index (χ2n) is 6.85. The molecule has 0 spiro atoms. The van der Waals surface area contributed by atoms with Gasteiger partial charge in [0.05, 0.1) is 6.61 Å². The average molecular weight is 336 g/mol. The molecular weight excluding hydrogens is 306 g/mol. The van der Waals surface area contributed by atoms with E-state index in [1.54, 1.807) is 0 Å². The van der Waals surface area contributed by atoms with E-state index in [1.165, 1.54) is 37.0 Å². The SMILES string of the molecule is CN=C(NCC1CCOC1)NCC1(c2cccs2)CCCCC1. The lowest BCUT2D eigenvalue weighted by Gasteiger charge is -2.37. The van der Waals surface area contributed by atoms with Gasteiger partial charge in [-0.15, -0.1) is 11.3 Å². The van der Waals surface area contributed by atoms with Gasteiger partial charge in [-0.05, 0) is 30.7 Å². The Kier molecular flexibility index (Phi) is 5.95. The van der Waals surface area contributed by atoms with Crippen molar-refractivity contribution in [3.05, 3.63) is 22.4 Å². The first-order chi connectivity index (χ1) is 11.3. The lowest BCUT2D eigenvalue weighted by molar-refractivity contribution is 0.186. The molecule has 1 unspecified atom stereocenters. The van der Waals surface area contributed by atoms with Gasteiger partial charge in [0.1, 0.15) is 0 Å². The Morgan fingerprint density at radius 1 is 1.35 bits per heavy atom. The van der Waals surface area contributed by atoms with Crippen LogP contribution in [0.3, 0.4) is 0 Å². The van der Waals surface area contributed by atoms with Crippen molar-refractivity contribution in [1.29, 1.82) is 0 Å². The molecule has 2 N–H and O–H groups in total. The molecule has 0 aromatic carbocycles. The third kappa shape index (κ3) is 4.27. The monoisotopic (exact) mass is 335 g/mol. The fraction of sp³-hybridized carbons (Fsp3) is 0.722. The minimum atomic E-state index is 0.292. The van der Waals surface area contributed by atoms with Gasteiger partial charge in [0.2, 0.25) is 0 Å². The van der Waals surface area contributed by atoms with E-state index in [4.69, 9.17) is 4.74 Å². The lowest BCUT2D eigenvalue weighted by atomic mass is 9.73. The maximum absolute atomic E-state index is 5.44. The highest BCUT2D eigenvalue weighted by molar-refractivity contribution is 7.10. The summed E-state index contributed by atoms with van der Waals surface area (Å²) in [7, 11) is 1.86. The summed E-state index contributed by atoms with van der Waals surface area (Å²) in [6.07, 6.45) is 7.78. The molecule has 1 atom stereocenters. The van der Waals surface area contributed by atoms with Crippen LogP contribution in [0.15, 0.2) is 22.5 Å². The molecule has 2 aliphatic rings. The predicted molar refractivity (Wildman–Crippen MR) is 97.4 cm³/mol. The van der Waals surface area contributed by atoms with Crippen molar-refractivity contribution in [2.45, 2.75) is 43.9 Å². The molecule has 5 heteroatoms. The first-order valence-corrected chi connectivity index (χ1v) is 9.77. The Labute approximate surface area is 143 Å². The van der Waals surface area contributed by atoms with Crippen LogP contribution < -0.4 is 10.6 Å². The van der Waals surface area contributed by atoms with Crippen molar-refractivity contribution in [1.82, 2.24) is 10.6 Å². The highest BCUT2D eigenvalue weighted by Gasteiger charge is 2.34. The minimum absolute atomic E-state index is 0.292. The van der Waals surface area contributed by atoms with Gasteiger partial charge in [0.15, 0.2) is 5.96 Å². The molecule has 1 aromatic rings. The highest BCUT2D eigenvalue weighted by atomic mass is 32.1. The van der Waals surface area contributed by atoms with Crippen LogP contribution in [0.4, 0.5) is 0 Å². The third-order valence-electron chi connectivity index (χ3n) is 5.25. The summed E-state index contributed by atoms with van der Waals surface area (Å²) in [5.74, 6) is 1.55. The number of hydrogen-bond donors (Lipinski definition) is 2. The third-order valence-corrected chi connectivity index (χ3v) is 6.37. The first-order valence-electron chi connectivity index (χ1n) is 8.89. The average Bonchev–Trinajstić information content (AvgIpc) is 3.30. The normalized spacial score (nSPS) is 24.6. The fourth-order valence-corrected chi connectivity index (χ4v) is 4.77. The Balaban J connectivity index is 1.56. The summed E-state index contributed by atoms with van der Waals surface area (Å²) in [6.45, 7) is 3.71. The maximum atomic E-state index is 5.44. The van der Waals surface area contributed by atoms with Crippen LogP contribution in [-0.4, -0.2) is 39.3 Å². The second-order valence-corrected chi connectivity index (χ2v) is 7.80. The summed E-state index contributed by atoms with van der Waals surface area (Å²) in [5.41, 5.74) is 0.292. The van der Waals surface area contributed by atoms with Crippen LogP contribution in [-0.2, 0) is 10.2 Å². The number of guanidine groups is 1. The molecule has 1 aromatic heterocycles. The number of rotatable bonds is 5. The number of nitrogens with one attached hydrogen (secondary N) is 2. The first kappa shape index (κ1) is 16.8. The Hall–Kier alpha value is -1.07. The minimum Gasteiger partial charge on any atom is -0.381 e. The van der Waals surface area contributed by atoms with Gasteiger partial charge in [-0.1, -0.05) is 25.3 Å². The van der Waals surface area contributed by atoms with E-state index >= 15 is 0 Å². The second kappa shape index (κ2) is 8.15. The molecule has 23 heavy (non-hydrogen) atoms. The van der Waals surface area contributed by atoms with Crippen LogP contribution in [0.2, 0.25) is 0 Å². The molecule has 2 heterocycles. The van der Waals surface area contributed by atoms with Gasteiger partial charge in [-0.2, -0.15) is 0 Å². The molecule has 1 aliphatic heterocycles. The summed E-state index contributed by atoms with van der Waals surface area (Å²) < 4.78 is 5.44. The quantitative estimate of drug-likeness (QED) is 0.642. The van der Waals surface area contributed by atoms with E-state index in [-0.39, 0.29) is 0 Å². The Bertz CT molecular complexity index is 488. The highest BCUT2D eigenvalue weighted by Crippen LogP contribution is 2.41. The van der Waals surface area contributed by atoms with Gasteiger partial charge in [0, 0.05) is 43.0 Å². The maximum Gasteiger partial charge on any atom is 0.191 e. The molecule has 4 nitrogen and oxygen atoms in total. The van der Waals surface area contributed by atoms with E-state index in [2.05, 4.69) is 33.1 Å². The van der Waals surface area contributed by atoms with Crippen LogP contribution >= 0.6 is 11.3 Å². The summed E-state index contributed by atoms with van der Waals surface area (Å²) in [4.78, 5) is 5.93. The van der Waals surface area contributed by atoms with Crippen LogP contribution in [0.1, 0.15) is 43.4 Å². The molecular formula is C18H29N3OS. The molecule has 0 bridgehead atoms. The van der Waals surface area contributed by atoms with Gasteiger partial charge >= 0.3 is 0 Å². The van der Waals surface area contributed by atoms with Gasteiger partial charge in [0.25, 0.3) is 0 Å². The number of aliphatic imine (C=N–C) groups is 1. The topological polar surface area (TPSA) is 45.7 Å². The Morgan fingerprint density at radius 3 is 2.87 bits per heavy atom. The standard InChI is InChI=1S/C18H29N3OS/c1-19-17(20-12-15-7-10-22-13-15)21-14-18(8-3-2-4-9-18)16-6-5-11-23-16/h5-6,11,15H,2-4,7-10,12-14H2,1H3,(H2,19,20,21). The molecule has 0 amide bonds. The number of thiophene rings is 1. The van der Waals surface area contributed by atoms with Crippen molar-refractivity contribution < 1.29 is 4.74 Å². The van der Waals surface area contributed by atoms with Crippen molar-refractivity contribution in [2.75, 3.05) is 33.4 Å². The molecule has 3 rings (SSSR count). The van der Waals surface area contributed by atoms with Crippen molar-refractivity contribution in [3.63, 3.8) is 0 Å². The van der Waals surface area contributed by atoms with Crippen molar-refractivity contribution >= 4 is 17.3 Å². The van der Waals surface area contributed by atoms with E-state index in [1.807, 2.05) is 18.4 Å². The number of hydrogen-bond acceptors (Lipinski definition) is 3. The van der Waals surface area contributed by atoms with E-state index in [9.17, 15) is 0 Å². The molecule has 1 saturated carbocycles. The van der Waals surface area contributed by atoms with E-state index in [0.717, 1.165) is 38.7 Å². The van der Waals surface area contributed by atoms with Crippen molar-refractivity contribution in [2.24, 2.45) is 10.9 Å².